The average Bonchev–Trinajstić information content (AvgIpc) is 2.31. The van der Waals surface area contributed by atoms with Crippen molar-refractivity contribution in [2.24, 2.45) is 5.73 Å². The van der Waals surface area contributed by atoms with Crippen LogP contribution in [0, 0.1) is 0 Å². The van der Waals surface area contributed by atoms with Crippen molar-refractivity contribution in [2.75, 3.05) is 12.3 Å². The van der Waals surface area contributed by atoms with Crippen LogP contribution in [0.25, 0.3) is 0 Å². The summed E-state index contributed by atoms with van der Waals surface area (Å²) >= 11 is 0. The number of nitrogen functional groups attached to an aromatic ring is 1. The van der Waals surface area contributed by atoms with E-state index >= 15 is 0 Å². The first-order valence-electron chi connectivity index (χ1n) is 6.39. The molecule has 0 spiro atoms. The molecule has 0 aliphatic rings. The molecule has 0 saturated heterocycles. The molecule has 1 aromatic rings. The fraction of sp³-hybridized carbons (Fsp3) is 0.500. The van der Waals surface area contributed by atoms with Gasteiger partial charge in [-0.2, -0.15) is 0 Å². The second-order valence-corrected chi connectivity index (χ2v) is 4.75. The molecule has 0 radical (unpaired) electrons. The number of amides is 1. The Morgan fingerprint density at radius 2 is 1.94 bits per heavy atom. The predicted molar refractivity (Wildman–Crippen MR) is 74.8 cm³/mol. The number of hydrogen-bond donors (Lipinski definition) is 2. The Hall–Kier alpha value is -1.55. The van der Waals surface area contributed by atoms with Crippen LogP contribution in [0.2, 0.25) is 0 Å². The number of anilines is 1. The molecule has 0 fully saturated rings. The molecule has 100 valence electrons. The van der Waals surface area contributed by atoms with Crippen LogP contribution in [-0.2, 0) is 11.3 Å². The highest BCUT2D eigenvalue weighted by molar-refractivity contribution is 5.75. The molecule has 4 N–H and O–H groups in total. The summed E-state index contributed by atoms with van der Waals surface area (Å²) in [6, 6.07) is 8.08. The lowest BCUT2D eigenvalue weighted by Crippen LogP contribution is -2.39. The standard InChI is InChI=1S/C14H23N3O/c1-3-4-11(2)17(10-14(16)18)9-12-5-7-13(15)8-6-12/h5-8,11H,3-4,9-10,15H2,1-2H3,(H2,16,18). The zero-order valence-corrected chi connectivity index (χ0v) is 11.2. The minimum Gasteiger partial charge on any atom is -0.399 e. The second-order valence-electron chi connectivity index (χ2n) is 4.75. The van der Waals surface area contributed by atoms with E-state index in [2.05, 4.69) is 18.7 Å². The van der Waals surface area contributed by atoms with Crippen molar-refractivity contribution in [3.8, 4) is 0 Å². The molecule has 0 bridgehead atoms. The highest BCUT2D eigenvalue weighted by Crippen LogP contribution is 2.13. The monoisotopic (exact) mass is 249 g/mol. The van der Waals surface area contributed by atoms with E-state index in [1.54, 1.807) is 0 Å². The van der Waals surface area contributed by atoms with Crippen molar-refractivity contribution in [3.05, 3.63) is 29.8 Å². The fourth-order valence-electron chi connectivity index (χ4n) is 2.03. The lowest BCUT2D eigenvalue weighted by molar-refractivity contribution is -0.119. The first-order chi connectivity index (χ1) is 8.52. The summed E-state index contributed by atoms with van der Waals surface area (Å²) in [7, 11) is 0. The Labute approximate surface area is 109 Å². The number of nitrogens with zero attached hydrogens (tertiary/aromatic N) is 1. The third-order valence-corrected chi connectivity index (χ3v) is 3.05. The van der Waals surface area contributed by atoms with Gasteiger partial charge in [0.15, 0.2) is 0 Å². The molecule has 4 heteroatoms. The third kappa shape index (κ3) is 4.75. The van der Waals surface area contributed by atoms with Crippen molar-refractivity contribution in [3.63, 3.8) is 0 Å². The van der Waals surface area contributed by atoms with Gasteiger partial charge in [-0.1, -0.05) is 25.5 Å². The molecule has 1 unspecified atom stereocenters. The van der Waals surface area contributed by atoms with Gasteiger partial charge in [-0.15, -0.1) is 0 Å². The summed E-state index contributed by atoms with van der Waals surface area (Å²) < 4.78 is 0. The van der Waals surface area contributed by atoms with Crippen LogP contribution in [0.3, 0.4) is 0 Å². The maximum Gasteiger partial charge on any atom is 0.231 e. The van der Waals surface area contributed by atoms with Gasteiger partial charge in [0, 0.05) is 18.3 Å². The Morgan fingerprint density at radius 3 is 2.44 bits per heavy atom. The van der Waals surface area contributed by atoms with Crippen LogP contribution < -0.4 is 11.5 Å². The Bertz CT molecular complexity index is 375. The maximum atomic E-state index is 11.1. The molecule has 0 aliphatic heterocycles. The van der Waals surface area contributed by atoms with Crippen molar-refractivity contribution < 1.29 is 4.79 Å². The Balaban J connectivity index is 2.70. The number of benzene rings is 1. The van der Waals surface area contributed by atoms with Crippen molar-refractivity contribution in [2.45, 2.75) is 39.3 Å². The van der Waals surface area contributed by atoms with Crippen LogP contribution >= 0.6 is 0 Å². The Kier molecular flexibility index (Phi) is 5.65. The second kappa shape index (κ2) is 7.01. The summed E-state index contributed by atoms with van der Waals surface area (Å²) in [4.78, 5) is 13.2. The number of rotatable bonds is 7. The van der Waals surface area contributed by atoms with Crippen LogP contribution in [0.5, 0.6) is 0 Å². The van der Waals surface area contributed by atoms with E-state index in [0.717, 1.165) is 30.6 Å². The van der Waals surface area contributed by atoms with E-state index in [0.29, 0.717) is 12.6 Å². The van der Waals surface area contributed by atoms with Gasteiger partial charge in [-0.3, -0.25) is 9.69 Å². The molecule has 1 atom stereocenters. The van der Waals surface area contributed by atoms with Gasteiger partial charge in [0.25, 0.3) is 0 Å². The van der Waals surface area contributed by atoms with Crippen LogP contribution in [0.4, 0.5) is 5.69 Å². The van der Waals surface area contributed by atoms with Gasteiger partial charge in [-0.25, -0.2) is 0 Å². The summed E-state index contributed by atoms with van der Waals surface area (Å²) in [5.74, 6) is -0.284. The molecule has 1 aromatic carbocycles. The lowest BCUT2D eigenvalue weighted by atomic mass is 10.1. The van der Waals surface area contributed by atoms with Gasteiger partial charge < -0.3 is 11.5 Å². The Morgan fingerprint density at radius 1 is 1.33 bits per heavy atom. The van der Waals surface area contributed by atoms with E-state index in [1.807, 2.05) is 24.3 Å². The first kappa shape index (κ1) is 14.5. The number of hydrogen-bond acceptors (Lipinski definition) is 3. The molecule has 1 amide bonds. The normalized spacial score (nSPS) is 12.6. The molecular weight excluding hydrogens is 226 g/mol. The predicted octanol–water partition coefficient (Wildman–Crippen LogP) is 1.74. The minimum absolute atomic E-state index is 0.284. The van der Waals surface area contributed by atoms with E-state index in [4.69, 9.17) is 11.5 Å². The summed E-state index contributed by atoms with van der Waals surface area (Å²) in [6.45, 7) is 5.29. The van der Waals surface area contributed by atoms with E-state index in [1.165, 1.54) is 0 Å². The number of nitrogens with two attached hydrogens (primary N) is 2. The summed E-state index contributed by atoms with van der Waals surface area (Å²) in [5, 5.41) is 0. The highest BCUT2D eigenvalue weighted by Gasteiger charge is 2.15. The smallest absolute Gasteiger partial charge is 0.231 e. The van der Waals surface area contributed by atoms with Gasteiger partial charge in [0.2, 0.25) is 5.91 Å². The first-order valence-corrected chi connectivity index (χ1v) is 6.39. The largest absolute Gasteiger partial charge is 0.399 e. The molecule has 4 nitrogen and oxygen atoms in total. The van der Waals surface area contributed by atoms with E-state index in [9.17, 15) is 4.79 Å². The minimum atomic E-state index is -0.284. The maximum absolute atomic E-state index is 11.1. The van der Waals surface area contributed by atoms with Crippen molar-refractivity contribution >= 4 is 11.6 Å². The SMILES string of the molecule is CCCC(C)N(CC(N)=O)Cc1ccc(N)cc1. The number of primary amides is 1. The third-order valence-electron chi connectivity index (χ3n) is 3.05. The lowest BCUT2D eigenvalue weighted by Gasteiger charge is -2.27. The quantitative estimate of drug-likeness (QED) is 0.723. The van der Waals surface area contributed by atoms with Crippen molar-refractivity contribution in [1.29, 1.82) is 0 Å². The number of carbonyl (C=O) groups is 1. The van der Waals surface area contributed by atoms with Crippen LogP contribution in [0.1, 0.15) is 32.3 Å². The van der Waals surface area contributed by atoms with Gasteiger partial charge in [0.05, 0.1) is 6.54 Å². The zero-order valence-electron chi connectivity index (χ0n) is 11.2. The zero-order chi connectivity index (χ0) is 13.5. The van der Waals surface area contributed by atoms with E-state index in [-0.39, 0.29) is 5.91 Å². The summed E-state index contributed by atoms with van der Waals surface area (Å²) in [6.07, 6.45) is 2.15. The molecule has 18 heavy (non-hydrogen) atoms. The van der Waals surface area contributed by atoms with E-state index < -0.39 is 0 Å². The van der Waals surface area contributed by atoms with Gasteiger partial charge in [0.1, 0.15) is 0 Å². The molecule has 0 aromatic heterocycles. The van der Waals surface area contributed by atoms with Gasteiger partial charge in [-0.05, 0) is 31.0 Å². The van der Waals surface area contributed by atoms with Gasteiger partial charge >= 0.3 is 0 Å². The molecule has 0 heterocycles. The van der Waals surface area contributed by atoms with Crippen LogP contribution in [-0.4, -0.2) is 23.4 Å². The summed E-state index contributed by atoms with van der Waals surface area (Å²) in [5.41, 5.74) is 12.9. The molecule has 0 saturated carbocycles. The number of carbonyl (C=O) groups excluding carboxylic acids is 1. The van der Waals surface area contributed by atoms with Crippen LogP contribution in [0.15, 0.2) is 24.3 Å². The fourth-order valence-corrected chi connectivity index (χ4v) is 2.03. The molecule has 0 aliphatic carbocycles. The topological polar surface area (TPSA) is 72.3 Å². The highest BCUT2D eigenvalue weighted by atomic mass is 16.1. The molecule has 1 rings (SSSR count). The van der Waals surface area contributed by atoms with Crippen molar-refractivity contribution in [1.82, 2.24) is 4.90 Å². The molecular formula is C14H23N3O. The average molecular weight is 249 g/mol.